The summed E-state index contributed by atoms with van der Waals surface area (Å²) in [5.74, 6) is -0.736. The summed E-state index contributed by atoms with van der Waals surface area (Å²) in [7, 11) is 0. The molecule has 1 aromatic carbocycles. The number of carbonyl (C=O) groups is 1. The number of hydrogen-bond acceptors (Lipinski definition) is 3. The Balaban J connectivity index is -0.0000000159. The Kier molecular flexibility index (Phi) is 63.6. The minimum atomic E-state index is -0.736. The van der Waals surface area contributed by atoms with Gasteiger partial charge in [-0.15, -0.1) is 0 Å². The quantitative estimate of drug-likeness (QED) is 0.307. The molecule has 9 nitrogen and oxygen atoms in total. The molecular weight excluding hydrogens is 252 g/mol. The summed E-state index contributed by atoms with van der Waals surface area (Å²) in [6.45, 7) is 0. The van der Waals surface area contributed by atoms with Crippen molar-refractivity contribution in [2.45, 2.75) is 0 Å². The van der Waals surface area contributed by atoms with Crippen LogP contribution in [0.25, 0.3) is 0 Å². The summed E-state index contributed by atoms with van der Waals surface area (Å²) >= 11 is 0. The van der Waals surface area contributed by atoms with Crippen LogP contribution in [0, 0.1) is 0 Å². The molecule has 0 saturated carbocycles. The van der Waals surface area contributed by atoms with Gasteiger partial charge in [-0.25, -0.2) is 4.79 Å². The number of rotatable bonds is 1. The topological polar surface area (TPSA) is 236 Å². The molecule has 0 spiro atoms. The molecule has 0 bridgehead atoms. The monoisotopic (exact) mass is 272 g/mol. The van der Waals surface area contributed by atoms with Gasteiger partial charge in [-0.3, -0.25) is 4.89 Å². The smallest absolute Gasteiger partial charge is 1.00 e. The SMILES string of the molecule is O.O.O.O.O.O.O=C(OO)c1ccccc1.[H-].[H-].[Mg+2]. The third-order valence-electron chi connectivity index (χ3n) is 1.09. The fraction of sp³-hybridized carbons (Fsp3) is 0. The molecule has 1 aromatic rings. The first-order valence-electron chi connectivity index (χ1n) is 2.75. The van der Waals surface area contributed by atoms with Crippen LogP contribution in [0.15, 0.2) is 30.3 Å². The average molecular weight is 273 g/mol. The van der Waals surface area contributed by atoms with E-state index in [1.54, 1.807) is 30.3 Å². The van der Waals surface area contributed by atoms with Crippen LogP contribution < -0.4 is 0 Å². The van der Waals surface area contributed by atoms with Crippen molar-refractivity contribution >= 4 is 29.0 Å². The first-order valence-corrected chi connectivity index (χ1v) is 2.75. The zero-order valence-electron chi connectivity index (χ0n) is 10.9. The van der Waals surface area contributed by atoms with Crippen molar-refractivity contribution in [3.63, 3.8) is 0 Å². The fourth-order valence-electron chi connectivity index (χ4n) is 0.627. The van der Waals surface area contributed by atoms with Crippen LogP contribution in [0.2, 0.25) is 0 Å². The molecule has 13 N–H and O–H groups in total. The Labute approximate surface area is 116 Å². The van der Waals surface area contributed by atoms with Gasteiger partial charge in [0.1, 0.15) is 0 Å². The van der Waals surface area contributed by atoms with Gasteiger partial charge >= 0.3 is 29.0 Å². The molecule has 0 aliphatic rings. The van der Waals surface area contributed by atoms with Gasteiger partial charge in [0.25, 0.3) is 0 Å². The molecule has 0 unspecified atom stereocenters. The molecule has 0 atom stereocenters. The van der Waals surface area contributed by atoms with Crippen molar-refractivity contribution in [1.82, 2.24) is 0 Å². The molecule has 0 fully saturated rings. The van der Waals surface area contributed by atoms with Crippen molar-refractivity contribution in [2.75, 3.05) is 0 Å². The maximum absolute atomic E-state index is 10.5. The summed E-state index contributed by atoms with van der Waals surface area (Å²) in [5, 5.41) is 7.94. The van der Waals surface area contributed by atoms with Crippen LogP contribution in [0.5, 0.6) is 0 Å². The van der Waals surface area contributed by atoms with Gasteiger partial charge < -0.3 is 35.7 Å². The van der Waals surface area contributed by atoms with E-state index in [1.165, 1.54) is 0 Å². The molecule has 0 saturated heterocycles. The first kappa shape index (κ1) is 44.2. The van der Waals surface area contributed by atoms with Gasteiger partial charge in [-0.1, -0.05) is 18.2 Å². The molecule has 0 amide bonds. The number of hydrogen-bond donors (Lipinski definition) is 1. The van der Waals surface area contributed by atoms with Gasteiger partial charge in [0.05, 0.1) is 5.56 Å². The summed E-state index contributed by atoms with van der Waals surface area (Å²) in [6.07, 6.45) is 0. The molecule has 10 heteroatoms. The molecular formula is C7H20MgO9. The zero-order chi connectivity index (χ0) is 7.40. The zero-order valence-corrected chi connectivity index (χ0v) is 10.3. The van der Waals surface area contributed by atoms with Crippen LogP contribution in [-0.2, 0) is 4.89 Å². The van der Waals surface area contributed by atoms with Gasteiger partial charge in [0.15, 0.2) is 0 Å². The predicted molar refractivity (Wildman–Crippen MR) is 64.1 cm³/mol. The Hall–Kier alpha value is -0.824. The van der Waals surface area contributed by atoms with E-state index in [-0.39, 0.29) is 58.8 Å². The molecule has 0 heterocycles. The molecule has 0 aliphatic carbocycles. The largest absolute Gasteiger partial charge is 2.00 e. The van der Waals surface area contributed by atoms with Crippen molar-refractivity contribution < 1.29 is 50.6 Å². The van der Waals surface area contributed by atoms with Gasteiger partial charge in [-0.2, -0.15) is 5.26 Å². The van der Waals surface area contributed by atoms with Crippen LogP contribution in [0.4, 0.5) is 0 Å². The third kappa shape index (κ3) is 15.2. The Morgan fingerprint density at radius 1 is 0.941 bits per heavy atom. The maximum atomic E-state index is 10.5. The Morgan fingerprint density at radius 2 is 1.29 bits per heavy atom. The van der Waals surface area contributed by atoms with E-state index in [2.05, 4.69) is 4.89 Å². The molecule has 104 valence electrons. The van der Waals surface area contributed by atoms with Crippen LogP contribution in [0.1, 0.15) is 13.2 Å². The van der Waals surface area contributed by atoms with Crippen LogP contribution in [-0.4, -0.2) is 67.1 Å². The van der Waals surface area contributed by atoms with Gasteiger partial charge in [-0.05, 0) is 12.1 Å². The van der Waals surface area contributed by atoms with Crippen molar-refractivity contribution in [1.29, 1.82) is 0 Å². The van der Waals surface area contributed by atoms with Crippen LogP contribution >= 0.6 is 0 Å². The van der Waals surface area contributed by atoms with E-state index in [0.29, 0.717) is 5.56 Å². The van der Waals surface area contributed by atoms with Gasteiger partial charge in [0, 0.05) is 0 Å². The standard InChI is InChI=1S/C7H6O3.Mg.6H2O.2H/c8-7(10-9)6-4-2-1-3-5-6;;;;;;;;;/h1-5,9H;;6*1H2;;/q;+2;;;;;;;2*-1. The van der Waals surface area contributed by atoms with Crippen molar-refractivity contribution in [3.05, 3.63) is 35.9 Å². The van der Waals surface area contributed by atoms with E-state index in [1.807, 2.05) is 0 Å². The molecule has 0 aromatic heterocycles. The number of carbonyl (C=O) groups excluding carboxylic acids is 1. The number of benzene rings is 1. The second-order valence-corrected chi connectivity index (χ2v) is 1.74. The fourth-order valence-corrected chi connectivity index (χ4v) is 0.627. The normalized spacial score (nSPS) is 5.24. The van der Waals surface area contributed by atoms with E-state index in [0.717, 1.165) is 0 Å². The second-order valence-electron chi connectivity index (χ2n) is 1.74. The van der Waals surface area contributed by atoms with E-state index >= 15 is 0 Å². The maximum Gasteiger partial charge on any atom is 2.00 e. The van der Waals surface area contributed by atoms with E-state index in [4.69, 9.17) is 5.26 Å². The van der Waals surface area contributed by atoms with Crippen molar-refractivity contribution in [3.8, 4) is 0 Å². The van der Waals surface area contributed by atoms with Crippen LogP contribution in [0.3, 0.4) is 0 Å². The molecule has 0 radical (unpaired) electrons. The minimum absolute atomic E-state index is 0. The Bertz CT molecular complexity index is 239. The molecule has 1 rings (SSSR count). The van der Waals surface area contributed by atoms with Crippen molar-refractivity contribution in [2.24, 2.45) is 0 Å². The summed E-state index contributed by atoms with van der Waals surface area (Å²) in [4.78, 5) is 14.0. The Morgan fingerprint density at radius 3 is 1.59 bits per heavy atom. The summed E-state index contributed by atoms with van der Waals surface area (Å²) in [6, 6.07) is 8.25. The van der Waals surface area contributed by atoms with E-state index < -0.39 is 5.97 Å². The molecule has 17 heavy (non-hydrogen) atoms. The first-order chi connectivity index (χ1) is 4.84. The average Bonchev–Trinajstić information content (AvgIpc) is 2.05. The van der Waals surface area contributed by atoms with E-state index in [9.17, 15) is 4.79 Å². The second kappa shape index (κ2) is 24.4. The molecule has 0 aliphatic heterocycles. The minimum Gasteiger partial charge on any atom is -1.00 e. The third-order valence-corrected chi connectivity index (χ3v) is 1.09. The summed E-state index contributed by atoms with van der Waals surface area (Å²) < 4.78 is 0. The predicted octanol–water partition coefficient (Wildman–Crippen LogP) is -3.79. The summed E-state index contributed by atoms with van der Waals surface area (Å²) in [5.41, 5.74) is 0.338. The van der Waals surface area contributed by atoms with Gasteiger partial charge in [0.2, 0.25) is 0 Å².